The lowest BCUT2D eigenvalue weighted by Gasteiger charge is -2.26. The van der Waals surface area contributed by atoms with Gasteiger partial charge in [-0.3, -0.25) is 4.79 Å². The van der Waals surface area contributed by atoms with Gasteiger partial charge in [-0.15, -0.1) is 0 Å². The van der Waals surface area contributed by atoms with E-state index >= 15 is 0 Å². The Morgan fingerprint density at radius 1 is 1.33 bits per heavy atom. The van der Waals surface area contributed by atoms with Crippen LogP contribution in [0.2, 0.25) is 0 Å². The first-order valence-corrected chi connectivity index (χ1v) is 5.75. The van der Waals surface area contributed by atoms with Crippen LogP contribution < -0.4 is 5.32 Å². The van der Waals surface area contributed by atoms with Crippen molar-refractivity contribution in [3.8, 4) is 0 Å². The summed E-state index contributed by atoms with van der Waals surface area (Å²) in [6.45, 7) is 1.41. The van der Waals surface area contributed by atoms with Crippen LogP contribution in [0.4, 0.5) is 4.39 Å². The third-order valence-corrected chi connectivity index (χ3v) is 3.17. The second kappa shape index (κ2) is 4.40. The topological polar surface area (TPSA) is 66.4 Å². The van der Waals surface area contributed by atoms with E-state index in [-0.39, 0.29) is 11.8 Å². The zero-order chi connectivity index (χ0) is 13.3. The molecule has 1 aromatic carbocycles. The molecule has 5 heteroatoms. The van der Waals surface area contributed by atoms with Gasteiger partial charge in [0.15, 0.2) is 5.54 Å². The molecule has 0 radical (unpaired) electrons. The average molecular weight is 251 g/mol. The highest BCUT2D eigenvalue weighted by molar-refractivity contribution is 5.89. The van der Waals surface area contributed by atoms with Gasteiger partial charge in [0.2, 0.25) is 5.91 Å². The molecule has 1 aromatic rings. The van der Waals surface area contributed by atoms with Gasteiger partial charge < -0.3 is 10.4 Å². The summed E-state index contributed by atoms with van der Waals surface area (Å²) in [6, 6.07) is 5.10. The van der Waals surface area contributed by atoms with Crippen molar-refractivity contribution in [3.63, 3.8) is 0 Å². The van der Waals surface area contributed by atoms with Crippen LogP contribution >= 0.6 is 0 Å². The number of carbonyl (C=O) groups is 2. The molecular formula is C13H14FNO3. The molecule has 96 valence electrons. The molecule has 0 bridgehead atoms. The number of benzene rings is 1. The van der Waals surface area contributed by atoms with Crippen molar-refractivity contribution in [2.24, 2.45) is 5.92 Å². The van der Waals surface area contributed by atoms with Crippen LogP contribution in [-0.2, 0) is 15.1 Å². The molecule has 1 fully saturated rings. The monoisotopic (exact) mass is 251 g/mol. The summed E-state index contributed by atoms with van der Waals surface area (Å²) in [4.78, 5) is 23.1. The Labute approximate surface area is 104 Å². The molecule has 0 aromatic heterocycles. The standard InChI is InChI=1S/C13H14FNO3/c1-13(12(17)18,15-11(16)8-2-3-8)9-4-6-10(14)7-5-9/h4-8H,2-3H2,1H3,(H,15,16)(H,17,18). The van der Waals surface area contributed by atoms with Crippen molar-refractivity contribution in [3.05, 3.63) is 35.6 Å². The molecule has 4 nitrogen and oxygen atoms in total. The Hall–Kier alpha value is -1.91. The zero-order valence-corrected chi connectivity index (χ0v) is 9.94. The van der Waals surface area contributed by atoms with Crippen LogP contribution in [0.5, 0.6) is 0 Å². The fourth-order valence-corrected chi connectivity index (χ4v) is 1.73. The van der Waals surface area contributed by atoms with Gasteiger partial charge in [-0.25, -0.2) is 9.18 Å². The SMILES string of the molecule is CC(NC(=O)C1CC1)(C(=O)O)c1ccc(F)cc1. The van der Waals surface area contributed by atoms with Crippen molar-refractivity contribution in [1.29, 1.82) is 0 Å². The third-order valence-electron chi connectivity index (χ3n) is 3.17. The number of hydrogen-bond donors (Lipinski definition) is 2. The number of amides is 1. The molecule has 18 heavy (non-hydrogen) atoms. The minimum absolute atomic E-state index is 0.0795. The van der Waals surface area contributed by atoms with Crippen LogP contribution in [0.15, 0.2) is 24.3 Å². The van der Waals surface area contributed by atoms with E-state index in [1.807, 2.05) is 0 Å². The molecule has 1 aliphatic rings. The van der Waals surface area contributed by atoms with Crippen molar-refractivity contribution in [1.82, 2.24) is 5.32 Å². The lowest BCUT2D eigenvalue weighted by atomic mass is 9.91. The maximum atomic E-state index is 12.8. The van der Waals surface area contributed by atoms with E-state index in [0.29, 0.717) is 5.56 Å². The van der Waals surface area contributed by atoms with Crippen molar-refractivity contribution in [2.45, 2.75) is 25.3 Å². The van der Waals surface area contributed by atoms with E-state index in [4.69, 9.17) is 0 Å². The summed E-state index contributed by atoms with van der Waals surface area (Å²) in [5, 5.41) is 11.8. The van der Waals surface area contributed by atoms with E-state index in [9.17, 15) is 19.1 Å². The van der Waals surface area contributed by atoms with Crippen LogP contribution in [0, 0.1) is 11.7 Å². The number of rotatable bonds is 4. The van der Waals surface area contributed by atoms with Crippen LogP contribution in [0.25, 0.3) is 0 Å². The van der Waals surface area contributed by atoms with Crippen molar-refractivity contribution < 1.29 is 19.1 Å². The normalized spacial score (nSPS) is 17.9. The maximum Gasteiger partial charge on any atom is 0.333 e. The molecule has 0 aliphatic heterocycles. The number of carboxylic acid groups (broad SMARTS) is 1. The predicted octanol–water partition coefficient (Wildman–Crippen LogP) is 1.65. The number of nitrogens with one attached hydrogen (secondary N) is 1. The number of aliphatic carboxylic acids is 1. The Morgan fingerprint density at radius 3 is 2.33 bits per heavy atom. The van der Waals surface area contributed by atoms with Gasteiger partial charge in [-0.1, -0.05) is 12.1 Å². The molecule has 0 spiro atoms. The molecule has 0 heterocycles. The minimum atomic E-state index is -1.52. The van der Waals surface area contributed by atoms with Gasteiger partial charge in [-0.2, -0.15) is 0 Å². The van der Waals surface area contributed by atoms with E-state index in [2.05, 4.69) is 5.32 Å². The highest BCUT2D eigenvalue weighted by Crippen LogP contribution is 2.31. The summed E-state index contributed by atoms with van der Waals surface area (Å²) in [5.41, 5.74) is -1.17. The predicted molar refractivity (Wildman–Crippen MR) is 62.3 cm³/mol. The number of hydrogen-bond acceptors (Lipinski definition) is 2. The summed E-state index contributed by atoms with van der Waals surface area (Å²) in [7, 11) is 0. The molecule has 1 amide bonds. The van der Waals surface area contributed by atoms with Gasteiger partial charge in [0, 0.05) is 5.92 Å². The molecule has 1 aliphatic carbocycles. The van der Waals surface area contributed by atoms with Crippen LogP contribution in [0.3, 0.4) is 0 Å². The van der Waals surface area contributed by atoms with Crippen LogP contribution in [0.1, 0.15) is 25.3 Å². The Morgan fingerprint density at radius 2 is 1.89 bits per heavy atom. The molecular weight excluding hydrogens is 237 g/mol. The molecule has 2 rings (SSSR count). The third kappa shape index (κ3) is 2.34. The summed E-state index contributed by atoms with van der Waals surface area (Å²) in [6.07, 6.45) is 1.59. The van der Waals surface area contributed by atoms with Gasteiger partial charge >= 0.3 is 5.97 Å². The lowest BCUT2D eigenvalue weighted by molar-refractivity contribution is -0.147. The lowest BCUT2D eigenvalue weighted by Crippen LogP contribution is -2.50. The molecule has 1 atom stereocenters. The first-order valence-electron chi connectivity index (χ1n) is 5.75. The number of carbonyl (C=O) groups excluding carboxylic acids is 1. The van der Waals surface area contributed by atoms with Gasteiger partial charge in [-0.05, 0) is 37.5 Å². The van der Waals surface area contributed by atoms with E-state index in [1.54, 1.807) is 0 Å². The van der Waals surface area contributed by atoms with Gasteiger partial charge in [0.05, 0.1) is 0 Å². The van der Waals surface area contributed by atoms with E-state index in [0.717, 1.165) is 12.8 Å². The molecule has 2 N–H and O–H groups in total. The Kier molecular flexibility index (Phi) is 3.07. The minimum Gasteiger partial charge on any atom is -0.479 e. The fourth-order valence-electron chi connectivity index (χ4n) is 1.73. The molecule has 1 unspecified atom stereocenters. The Bertz CT molecular complexity index is 482. The van der Waals surface area contributed by atoms with E-state index < -0.39 is 17.3 Å². The summed E-state index contributed by atoms with van der Waals surface area (Å²) < 4.78 is 12.8. The highest BCUT2D eigenvalue weighted by atomic mass is 19.1. The second-order valence-corrected chi connectivity index (χ2v) is 4.70. The fraction of sp³-hybridized carbons (Fsp3) is 0.385. The maximum absolute atomic E-state index is 12.8. The Balaban J connectivity index is 2.27. The highest BCUT2D eigenvalue weighted by Gasteiger charge is 2.40. The quantitative estimate of drug-likeness (QED) is 0.855. The van der Waals surface area contributed by atoms with Gasteiger partial charge in [0.1, 0.15) is 5.82 Å². The second-order valence-electron chi connectivity index (χ2n) is 4.70. The summed E-state index contributed by atoms with van der Waals surface area (Å²) >= 11 is 0. The molecule has 1 saturated carbocycles. The first kappa shape index (κ1) is 12.5. The average Bonchev–Trinajstić information content (AvgIpc) is 3.13. The van der Waals surface area contributed by atoms with Crippen molar-refractivity contribution >= 4 is 11.9 Å². The first-order chi connectivity index (χ1) is 8.43. The van der Waals surface area contributed by atoms with Crippen molar-refractivity contribution in [2.75, 3.05) is 0 Å². The largest absolute Gasteiger partial charge is 0.479 e. The number of carboxylic acids is 1. The van der Waals surface area contributed by atoms with Gasteiger partial charge in [0.25, 0.3) is 0 Å². The van der Waals surface area contributed by atoms with E-state index in [1.165, 1.54) is 31.2 Å². The smallest absolute Gasteiger partial charge is 0.333 e. The summed E-state index contributed by atoms with van der Waals surface area (Å²) in [5.74, 6) is -1.95. The zero-order valence-electron chi connectivity index (χ0n) is 9.94. The van der Waals surface area contributed by atoms with Crippen LogP contribution in [-0.4, -0.2) is 17.0 Å². The number of halogens is 1. The molecule has 0 saturated heterocycles.